The average molecular weight is 214 g/mol. The van der Waals surface area contributed by atoms with E-state index in [-0.39, 0.29) is 5.91 Å². The van der Waals surface area contributed by atoms with E-state index >= 15 is 0 Å². The smallest absolute Gasteiger partial charge is 0.231 e. The Labute approximate surface area is 91.8 Å². The molecule has 15 heavy (non-hydrogen) atoms. The molecule has 1 amide bonds. The molecule has 0 aromatic heterocycles. The van der Waals surface area contributed by atoms with E-state index in [1.54, 1.807) is 0 Å². The van der Waals surface area contributed by atoms with Crippen LogP contribution in [0, 0.1) is 0 Å². The van der Waals surface area contributed by atoms with Crippen molar-refractivity contribution in [2.24, 2.45) is 5.73 Å². The molecule has 1 aliphatic heterocycles. The zero-order valence-corrected chi connectivity index (χ0v) is 9.78. The number of carbonyl (C=O) groups is 1. The maximum Gasteiger partial charge on any atom is 0.231 e. The Morgan fingerprint density at radius 2 is 1.73 bits per heavy atom. The number of rotatable bonds is 5. The van der Waals surface area contributed by atoms with E-state index in [0.29, 0.717) is 6.54 Å². The van der Waals surface area contributed by atoms with Gasteiger partial charge in [0.05, 0.1) is 6.54 Å². The molecular formula is C10H22N4O. The van der Waals surface area contributed by atoms with Crippen LogP contribution in [0.15, 0.2) is 0 Å². The van der Waals surface area contributed by atoms with Crippen molar-refractivity contribution < 1.29 is 4.79 Å². The first-order chi connectivity index (χ1) is 7.08. The number of hydrogen-bond acceptors (Lipinski definition) is 4. The van der Waals surface area contributed by atoms with Gasteiger partial charge in [-0.05, 0) is 14.1 Å². The number of nitrogens with two attached hydrogens (primary N) is 1. The van der Waals surface area contributed by atoms with E-state index in [4.69, 9.17) is 5.73 Å². The number of piperazine rings is 1. The number of carbonyl (C=O) groups excluding carboxylic acids is 1. The van der Waals surface area contributed by atoms with Gasteiger partial charge in [-0.3, -0.25) is 14.6 Å². The average Bonchev–Trinajstić information content (AvgIpc) is 2.16. The highest BCUT2D eigenvalue weighted by molar-refractivity contribution is 5.75. The van der Waals surface area contributed by atoms with E-state index in [1.165, 1.54) is 0 Å². The van der Waals surface area contributed by atoms with Crippen LogP contribution in [0.25, 0.3) is 0 Å². The molecule has 1 rings (SSSR count). The van der Waals surface area contributed by atoms with E-state index in [0.717, 1.165) is 39.3 Å². The third kappa shape index (κ3) is 5.11. The van der Waals surface area contributed by atoms with Crippen LogP contribution in [0.5, 0.6) is 0 Å². The molecule has 0 unspecified atom stereocenters. The quantitative estimate of drug-likeness (QED) is 0.615. The lowest BCUT2D eigenvalue weighted by Gasteiger charge is -2.34. The second-order valence-electron chi connectivity index (χ2n) is 4.39. The van der Waals surface area contributed by atoms with Crippen molar-refractivity contribution in [3.8, 4) is 0 Å². The molecule has 1 saturated heterocycles. The lowest BCUT2D eigenvalue weighted by atomic mass is 10.3. The Balaban J connectivity index is 2.15. The van der Waals surface area contributed by atoms with Crippen molar-refractivity contribution in [2.45, 2.75) is 0 Å². The molecule has 0 radical (unpaired) electrons. The summed E-state index contributed by atoms with van der Waals surface area (Å²) in [6.45, 7) is 6.60. The summed E-state index contributed by atoms with van der Waals surface area (Å²) in [6.07, 6.45) is 0. The van der Waals surface area contributed by atoms with Gasteiger partial charge in [-0.15, -0.1) is 0 Å². The van der Waals surface area contributed by atoms with Crippen LogP contribution in [0.1, 0.15) is 0 Å². The lowest BCUT2D eigenvalue weighted by Crippen LogP contribution is -2.49. The van der Waals surface area contributed by atoms with E-state index in [1.807, 2.05) is 0 Å². The van der Waals surface area contributed by atoms with Gasteiger partial charge < -0.3 is 10.6 Å². The van der Waals surface area contributed by atoms with Gasteiger partial charge in [0.1, 0.15) is 0 Å². The lowest BCUT2D eigenvalue weighted by molar-refractivity contribution is -0.119. The highest BCUT2D eigenvalue weighted by atomic mass is 16.1. The van der Waals surface area contributed by atoms with E-state index < -0.39 is 0 Å². The Hall–Kier alpha value is -0.650. The molecule has 1 heterocycles. The standard InChI is InChI=1S/C10H22N4O/c1-12(2)3-4-13-5-7-14(8-6-13)9-10(11)15/h3-9H2,1-2H3,(H2,11,15). The largest absolute Gasteiger partial charge is 0.369 e. The van der Waals surface area contributed by atoms with Crippen molar-refractivity contribution in [1.82, 2.24) is 14.7 Å². The van der Waals surface area contributed by atoms with Gasteiger partial charge in [-0.25, -0.2) is 0 Å². The maximum absolute atomic E-state index is 10.7. The Kier molecular flexibility index (Phi) is 5.01. The third-order valence-corrected chi connectivity index (χ3v) is 2.71. The fourth-order valence-electron chi connectivity index (χ4n) is 1.73. The maximum atomic E-state index is 10.7. The van der Waals surface area contributed by atoms with Crippen LogP contribution in [0.3, 0.4) is 0 Å². The topological polar surface area (TPSA) is 52.8 Å². The minimum Gasteiger partial charge on any atom is -0.369 e. The van der Waals surface area contributed by atoms with Gasteiger partial charge >= 0.3 is 0 Å². The van der Waals surface area contributed by atoms with Crippen molar-refractivity contribution in [2.75, 3.05) is 59.9 Å². The van der Waals surface area contributed by atoms with Crippen molar-refractivity contribution >= 4 is 5.91 Å². The molecule has 1 fully saturated rings. The molecule has 0 aromatic rings. The summed E-state index contributed by atoms with van der Waals surface area (Å²) < 4.78 is 0. The number of hydrogen-bond donors (Lipinski definition) is 1. The molecule has 5 nitrogen and oxygen atoms in total. The minimum absolute atomic E-state index is 0.225. The Morgan fingerprint density at radius 3 is 2.20 bits per heavy atom. The van der Waals surface area contributed by atoms with Gasteiger partial charge in [0.15, 0.2) is 0 Å². The predicted octanol–water partition coefficient (Wildman–Crippen LogP) is -1.35. The summed E-state index contributed by atoms with van der Waals surface area (Å²) >= 11 is 0. The fraction of sp³-hybridized carbons (Fsp3) is 0.900. The normalized spacial score (nSPS) is 19.7. The second-order valence-corrected chi connectivity index (χ2v) is 4.39. The number of likely N-dealkylation sites (N-methyl/N-ethyl adjacent to an activating group) is 1. The summed E-state index contributed by atoms with van der Waals surface area (Å²) in [5, 5.41) is 0. The van der Waals surface area contributed by atoms with Gasteiger partial charge in [0, 0.05) is 39.3 Å². The van der Waals surface area contributed by atoms with Crippen LogP contribution >= 0.6 is 0 Å². The van der Waals surface area contributed by atoms with Crippen molar-refractivity contribution in [3.63, 3.8) is 0 Å². The SMILES string of the molecule is CN(C)CCN1CCN(CC(N)=O)CC1. The number of nitrogens with zero attached hydrogens (tertiary/aromatic N) is 3. The summed E-state index contributed by atoms with van der Waals surface area (Å²) in [7, 11) is 4.17. The number of primary amides is 1. The minimum atomic E-state index is -0.225. The first kappa shape index (κ1) is 12.4. The highest BCUT2D eigenvalue weighted by Crippen LogP contribution is 2.00. The van der Waals surface area contributed by atoms with Crippen LogP contribution in [-0.4, -0.2) is 80.5 Å². The summed E-state index contributed by atoms with van der Waals surface area (Å²) in [5.74, 6) is -0.225. The molecule has 88 valence electrons. The van der Waals surface area contributed by atoms with Gasteiger partial charge in [0.25, 0.3) is 0 Å². The first-order valence-electron chi connectivity index (χ1n) is 5.45. The summed E-state index contributed by atoms with van der Waals surface area (Å²) in [4.78, 5) is 17.5. The third-order valence-electron chi connectivity index (χ3n) is 2.71. The van der Waals surface area contributed by atoms with Crippen molar-refractivity contribution in [3.05, 3.63) is 0 Å². The highest BCUT2D eigenvalue weighted by Gasteiger charge is 2.17. The molecule has 0 atom stereocenters. The van der Waals surface area contributed by atoms with Crippen LogP contribution < -0.4 is 5.73 Å². The van der Waals surface area contributed by atoms with Crippen LogP contribution in [-0.2, 0) is 4.79 Å². The Bertz CT molecular complexity index is 200. The predicted molar refractivity (Wildman–Crippen MR) is 60.6 cm³/mol. The molecule has 0 saturated carbocycles. The fourth-order valence-corrected chi connectivity index (χ4v) is 1.73. The molecule has 0 aliphatic carbocycles. The number of amides is 1. The summed E-state index contributed by atoms with van der Waals surface area (Å²) in [5.41, 5.74) is 5.16. The molecule has 0 aromatic carbocycles. The van der Waals surface area contributed by atoms with Gasteiger partial charge in [-0.2, -0.15) is 0 Å². The van der Waals surface area contributed by atoms with Crippen LogP contribution in [0.4, 0.5) is 0 Å². The molecule has 2 N–H and O–H groups in total. The van der Waals surface area contributed by atoms with Gasteiger partial charge in [0.2, 0.25) is 5.91 Å². The van der Waals surface area contributed by atoms with Crippen molar-refractivity contribution in [1.29, 1.82) is 0 Å². The molecule has 0 bridgehead atoms. The summed E-state index contributed by atoms with van der Waals surface area (Å²) in [6, 6.07) is 0. The Morgan fingerprint density at radius 1 is 1.20 bits per heavy atom. The molecule has 1 aliphatic rings. The van der Waals surface area contributed by atoms with Crippen LogP contribution in [0.2, 0.25) is 0 Å². The monoisotopic (exact) mass is 214 g/mol. The molecular weight excluding hydrogens is 192 g/mol. The van der Waals surface area contributed by atoms with Gasteiger partial charge in [-0.1, -0.05) is 0 Å². The second kappa shape index (κ2) is 6.05. The molecule has 5 heteroatoms. The molecule has 0 spiro atoms. The zero-order valence-electron chi connectivity index (χ0n) is 9.78. The van der Waals surface area contributed by atoms with E-state index in [9.17, 15) is 4.79 Å². The first-order valence-corrected chi connectivity index (χ1v) is 5.45. The zero-order chi connectivity index (χ0) is 11.3. The van der Waals surface area contributed by atoms with E-state index in [2.05, 4.69) is 28.8 Å².